The van der Waals surface area contributed by atoms with Crippen molar-refractivity contribution in [1.29, 1.82) is 0 Å². The lowest BCUT2D eigenvalue weighted by molar-refractivity contribution is 0.195. The van der Waals surface area contributed by atoms with Crippen LogP contribution in [0.2, 0.25) is 0 Å². The molecule has 3 aliphatic carbocycles. The topological polar surface area (TPSA) is 9.72 Å². The molecule has 2 atom stereocenters. The van der Waals surface area contributed by atoms with Crippen molar-refractivity contribution < 1.29 is 0 Å². The van der Waals surface area contributed by atoms with Gasteiger partial charge in [-0.15, -0.1) is 22.7 Å². The minimum atomic E-state index is -0.131. The molecule has 388 valence electrons. The van der Waals surface area contributed by atoms with Crippen LogP contribution >= 0.6 is 22.7 Å². The number of hydrogen-bond donors (Lipinski definition) is 0. The molecule has 0 bridgehead atoms. The highest BCUT2D eigenvalue weighted by Gasteiger charge is 2.58. The molecule has 16 rings (SSSR count). The van der Waals surface area contributed by atoms with E-state index in [1.54, 1.807) is 0 Å². The van der Waals surface area contributed by atoms with Gasteiger partial charge < -0.3 is 14.7 Å². The molecule has 2 unspecified atom stereocenters. The van der Waals surface area contributed by atoms with E-state index in [4.69, 9.17) is 0 Å². The van der Waals surface area contributed by atoms with Crippen LogP contribution in [0.4, 0.5) is 45.5 Å². The van der Waals surface area contributed by atoms with E-state index >= 15 is 0 Å². The normalized spacial score (nSPS) is 22.7. The van der Waals surface area contributed by atoms with E-state index in [1.807, 2.05) is 22.7 Å². The second kappa shape index (κ2) is 15.7. The standard InChI is InChI=1S/C72H70BN3S2/c1-67(2)32-33-68(3,4)51-36-43(28-29-49(51)67)74-59-41-53-52(69(5,6)34-35-70(53,7)8)40-54(59)73-55-42-64-48(46-21-12-15-26-62(46)77-64)39-58(55)75(57-25-19-22-47-45-20-11-16-27-63(45)78-66(47)57)61-38-44(37-60(74)65(61)73)76-56-24-14-13-23-50(56)71(9)30-17-18-31-72(71,76)10/h11-16,19-29,36-42H,17-18,30-35H2,1-10H3. The maximum absolute atomic E-state index is 2.85. The predicted molar refractivity (Wildman–Crippen MR) is 340 cm³/mol. The van der Waals surface area contributed by atoms with E-state index in [2.05, 4.69) is 230 Å². The van der Waals surface area contributed by atoms with E-state index in [-0.39, 0.29) is 39.3 Å². The first-order valence-electron chi connectivity index (χ1n) is 29.2. The Morgan fingerprint density at radius 1 is 0.372 bits per heavy atom. The van der Waals surface area contributed by atoms with E-state index in [0.717, 1.165) is 6.42 Å². The SMILES string of the molecule is CC1(C)CCC(C)(C)c2cc(N3c4cc5c(cc4B4c6cc7sc8ccccc8c7cc6N(c6cccc7c6sc6ccccc67)c6cc(N7c8ccccc8C8(C)CCCCC78C)cc3c64)C(C)(C)CCC5(C)C)ccc21. The summed E-state index contributed by atoms with van der Waals surface area (Å²) in [6.45, 7) is 25.2. The largest absolute Gasteiger partial charge is 0.334 e. The molecule has 0 spiro atoms. The monoisotopic (exact) mass is 1050 g/mol. The Morgan fingerprint density at radius 2 is 0.936 bits per heavy atom. The molecule has 6 heteroatoms. The number of nitrogens with zero attached hydrogens (tertiary/aromatic N) is 3. The van der Waals surface area contributed by atoms with Crippen LogP contribution in [-0.4, -0.2) is 12.3 Å². The predicted octanol–water partition coefficient (Wildman–Crippen LogP) is 18.9. The minimum Gasteiger partial charge on any atom is -0.334 e. The van der Waals surface area contributed by atoms with Gasteiger partial charge in [0.15, 0.2) is 0 Å². The number of hydrogen-bond acceptors (Lipinski definition) is 5. The van der Waals surface area contributed by atoms with Crippen molar-refractivity contribution in [2.45, 2.75) is 153 Å². The van der Waals surface area contributed by atoms with Gasteiger partial charge in [-0.1, -0.05) is 154 Å². The lowest BCUT2D eigenvalue weighted by atomic mass is 9.33. The molecule has 3 aliphatic heterocycles. The number of fused-ring (bicyclic) bond motifs is 15. The molecule has 6 aliphatic rings. The van der Waals surface area contributed by atoms with Gasteiger partial charge in [-0.2, -0.15) is 0 Å². The van der Waals surface area contributed by atoms with Gasteiger partial charge in [0, 0.05) is 80.9 Å². The van der Waals surface area contributed by atoms with Gasteiger partial charge in [-0.25, -0.2) is 0 Å². The number of rotatable bonds is 3. The summed E-state index contributed by atoms with van der Waals surface area (Å²) in [5.41, 5.74) is 22.2. The van der Waals surface area contributed by atoms with Crippen LogP contribution in [0.5, 0.6) is 0 Å². The van der Waals surface area contributed by atoms with Crippen LogP contribution in [0.25, 0.3) is 40.3 Å². The molecular weight excluding hydrogens is 982 g/mol. The number of benzene rings is 8. The van der Waals surface area contributed by atoms with Crippen molar-refractivity contribution in [3.63, 3.8) is 0 Å². The zero-order valence-corrected chi connectivity index (χ0v) is 48.9. The molecule has 8 aromatic carbocycles. The third-order valence-corrected chi connectivity index (χ3v) is 23.9. The summed E-state index contributed by atoms with van der Waals surface area (Å²) in [7, 11) is 0. The van der Waals surface area contributed by atoms with E-state index in [9.17, 15) is 0 Å². The Bertz CT molecular complexity index is 4260. The molecule has 2 aromatic heterocycles. The maximum Gasteiger partial charge on any atom is 0.252 e. The van der Waals surface area contributed by atoms with Crippen molar-refractivity contribution in [3.05, 3.63) is 173 Å². The average Bonchev–Trinajstić information content (AvgIpc) is 4.12. The number of thiophene rings is 2. The molecule has 10 aromatic rings. The highest BCUT2D eigenvalue weighted by atomic mass is 32.1. The fraction of sp³-hybridized carbons (Fsp3) is 0.333. The molecule has 3 nitrogen and oxygen atoms in total. The lowest BCUT2D eigenvalue weighted by Gasteiger charge is -2.51. The molecule has 1 saturated carbocycles. The highest BCUT2D eigenvalue weighted by Crippen LogP contribution is 2.62. The third-order valence-electron chi connectivity index (χ3n) is 21.5. The highest BCUT2D eigenvalue weighted by molar-refractivity contribution is 7.26. The van der Waals surface area contributed by atoms with Gasteiger partial charge in [0.25, 0.3) is 6.71 Å². The van der Waals surface area contributed by atoms with Gasteiger partial charge in [0.2, 0.25) is 0 Å². The van der Waals surface area contributed by atoms with Gasteiger partial charge >= 0.3 is 0 Å². The van der Waals surface area contributed by atoms with Crippen LogP contribution in [0.1, 0.15) is 148 Å². The smallest absolute Gasteiger partial charge is 0.252 e. The molecule has 0 amide bonds. The second-order valence-electron chi connectivity index (χ2n) is 27.6. The molecule has 0 N–H and O–H groups in total. The summed E-state index contributed by atoms with van der Waals surface area (Å²) in [4.78, 5) is 8.39. The Labute approximate surface area is 470 Å². The second-order valence-corrected chi connectivity index (χ2v) is 29.8. The van der Waals surface area contributed by atoms with Crippen LogP contribution < -0.4 is 31.1 Å². The first-order valence-corrected chi connectivity index (χ1v) is 30.9. The summed E-state index contributed by atoms with van der Waals surface area (Å²) >= 11 is 3.91. The van der Waals surface area contributed by atoms with Crippen LogP contribution in [0, 0.1) is 0 Å². The molecule has 5 heterocycles. The Hall–Kier alpha value is -6.34. The summed E-state index contributed by atoms with van der Waals surface area (Å²) in [5, 5.41) is 5.33. The molecule has 1 fully saturated rings. The fourth-order valence-corrected chi connectivity index (χ4v) is 19.0. The van der Waals surface area contributed by atoms with Crippen molar-refractivity contribution in [1.82, 2.24) is 0 Å². The number of anilines is 8. The van der Waals surface area contributed by atoms with Crippen LogP contribution in [0.3, 0.4) is 0 Å². The van der Waals surface area contributed by atoms with E-state index in [1.165, 1.54) is 175 Å². The van der Waals surface area contributed by atoms with Gasteiger partial charge in [-0.05, 0) is 178 Å². The summed E-state index contributed by atoms with van der Waals surface area (Å²) < 4.78 is 5.37. The zero-order valence-electron chi connectivity index (χ0n) is 47.2. The average molecular weight is 1050 g/mol. The van der Waals surface area contributed by atoms with Crippen molar-refractivity contribution in [2.24, 2.45) is 0 Å². The summed E-state index contributed by atoms with van der Waals surface area (Å²) in [6, 6.07) is 58.5. The Morgan fingerprint density at radius 3 is 1.68 bits per heavy atom. The maximum atomic E-state index is 2.85. The van der Waals surface area contributed by atoms with Crippen molar-refractivity contribution in [2.75, 3.05) is 14.7 Å². The van der Waals surface area contributed by atoms with Crippen LogP contribution in [0.15, 0.2) is 146 Å². The molecule has 0 radical (unpaired) electrons. The molecule has 78 heavy (non-hydrogen) atoms. The Balaban J connectivity index is 1.08. The molecule has 0 saturated heterocycles. The van der Waals surface area contributed by atoms with Crippen molar-refractivity contribution >= 4 is 132 Å². The van der Waals surface area contributed by atoms with E-state index < -0.39 is 0 Å². The quantitative estimate of drug-likeness (QED) is 0.163. The van der Waals surface area contributed by atoms with Crippen LogP contribution in [-0.2, 0) is 27.1 Å². The van der Waals surface area contributed by atoms with E-state index in [0.29, 0.717) is 0 Å². The summed E-state index contributed by atoms with van der Waals surface area (Å²) in [5.74, 6) is 0. The third kappa shape index (κ3) is 6.23. The molecular formula is C72H70BN3S2. The first-order chi connectivity index (χ1) is 37.4. The zero-order chi connectivity index (χ0) is 53.2. The fourth-order valence-electron chi connectivity index (χ4n) is 16.6. The minimum absolute atomic E-state index is 0.00129. The first kappa shape index (κ1) is 47.6. The Kier molecular flexibility index (Phi) is 9.61. The van der Waals surface area contributed by atoms with Gasteiger partial charge in [0.05, 0.1) is 15.9 Å². The van der Waals surface area contributed by atoms with Gasteiger partial charge in [0.1, 0.15) is 0 Å². The lowest BCUT2D eigenvalue weighted by Crippen LogP contribution is -2.62. The van der Waals surface area contributed by atoms with Gasteiger partial charge in [-0.3, -0.25) is 0 Å². The summed E-state index contributed by atoms with van der Waals surface area (Å²) in [6.07, 6.45) is 9.51. The van der Waals surface area contributed by atoms with Crippen molar-refractivity contribution in [3.8, 4) is 0 Å². The number of para-hydroxylation sites is 1.